The lowest BCUT2D eigenvalue weighted by Crippen LogP contribution is -2.57. The maximum atomic E-state index is 12.0. The van der Waals surface area contributed by atoms with Crippen molar-refractivity contribution in [2.24, 2.45) is 0 Å². The summed E-state index contributed by atoms with van der Waals surface area (Å²) in [7, 11) is 0. The van der Waals surface area contributed by atoms with Crippen LogP contribution in [0.4, 0.5) is 0 Å². The highest BCUT2D eigenvalue weighted by Crippen LogP contribution is 2.08. The Labute approximate surface area is 111 Å². The van der Waals surface area contributed by atoms with Crippen molar-refractivity contribution >= 4 is 5.91 Å². The van der Waals surface area contributed by atoms with E-state index in [1.54, 1.807) is 0 Å². The fraction of sp³-hybridized carbons (Fsp3) is 0.929. The van der Waals surface area contributed by atoms with Crippen molar-refractivity contribution in [1.29, 1.82) is 0 Å². The van der Waals surface area contributed by atoms with Crippen molar-refractivity contribution in [3.05, 3.63) is 0 Å². The third-order valence-electron chi connectivity index (χ3n) is 3.56. The number of piperazine rings is 1. The van der Waals surface area contributed by atoms with E-state index in [1.807, 2.05) is 6.92 Å². The maximum Gasteiger partial charge on any atom is 0.238 e. The summed E-state index contributed by atoms with van der Waals surface area (Å²) >= 11 is 0. The zero-order valence-electron chi connectivity index (χ0n) is 12.0. The van der Waals surface area contributed by atoms with Crippen molar-refractivity contribution in [3.8, 4) is 0 Å². The third kappa shape index (κ3) is 5.36. The van der Waals surface area contributed by atoms with Crippen LogP contribution in [0.25, 0.3) is 0 Å². The fourth-order valence-electron chi connectivity index (χ4n) is 2.48. The Balaban J connectivity index is 2.28. The van der Waals surface area contributed by atoms with E-state index in [2.05, 4.69) is 22.5 Å². The van der Waals surface area contributed by atoms with Gasteiger partial charge >= 0.3 is 0 Å². The summed E-state index contributed by atoms with van der Waals surface area (Å²) in [4.78, 5) is 14.3. The monoisotopic (exact) mass is 255 g/mol. The molecule has 1 atom stereocenters. The lowest BCUT2D eigenvalue weighted by Gasteiger charge is -2.35. The van der Waals surface area contributed by atoms with E-state index < -0.39 is 0 Å². The molecule has 0 spiro atoms. The molecular weight excluding hydrogens is 226 g/mol. The summed E-state index contributed by atoms with van der Waals surface area (Å²) in [6, 6.07) is 0.0323. The average molecular weight is 255 g/mol. The SMILES string of the molecule is CCCCCCCN1CCNCC1C(=O)NCC. The molecule has 1 amide bonds. The first-order valence-electron chi connectivity index (χ1n) is 7.52. The first-order chi connectivity index (χ1) is 8.79. The van der Waals surface area contributed by atoms with Gasteiger partial charge in [-0.15, -0.1) is 0 Å². The van der Waals surface area contributed by atoms with Gasteiger partial charge in [0.15, 0.2) is 0 Å². The van der Waals surface area contributed by atoms with Crippen molar-refractivity contribution in [2.75, 3.05) is 32.7 Å². The van der Waals surface area contributed by atoms with Crippen LogP contribution in [-0.2, 0) is 4.79 Å². The topological polar surface area (TPSA) is 44.4 Å². The van der Waals surface area contributed by atoms with Crippen LogP contribution in [-0.4, -0.2) is 49.6 Å². The predicted octanol–water partition coefficient (Wildman–Crippen LogP) is 1.37. The number of nitrogens with one attached hydrogen (secondary N) is 2. The smallest absolute Gasteiger partial charge is 0.238 e. The molecule has 0 aromatic rings. The Morgan fingerprint density at radius 1 is 1.28 bits per heavy atom. The molecule has 2 N–H and O–H groups in total. The zero-order chi connectivity index (χ0) is 13.2. The molecule has 0 aliphatic carbocycles. The number of hydrogen-bond donors (Lipinski definition) is 2. The second kappa shape index (κ2) is 9.34. The van der Waals surface area contributed by atoms with Gasteiger partial charge in [-0.3, -0.25) is 9.69 Å². The molecule has 0 saturated carbocycles. The van der Waals surface area contributed by atoms with Crippen LogP contribution in [0.5, 0.6) is 0 Å². The van der Waals surface area contributed by atoms with Crippen molar-refractivity contribution in [3.63, 3.8) is 0 Å². The minimum atomic E-state index is 0.0323. The van der Waals surface area contributed by atoms with Gasteiger partial charge in [-0.05, 0) is 19.9 Å². The van der Waals surface area contributed by atoms with E-state index in [0.29, 0.717) is 0 Å². The highest BCUT2D eigenvalue weighted by molar-refractivity contribution is 5.82. The number of nitrogens with zero attached hydrogens (tertiary/aromatic N) is 1. The quantitative estimate of drug-likeness (QED) is 0.644. The fourth-order valence-corrected chi connectivity index (χ4v) is 2.48. The van der Waals surface area contributed by atoms with Crippen LogP contribution in [0.2, 0.25) is 0 Å². The summed E-state index contributed by atoms with van der Waals surface area (Å²) in [5.74, 6) is 0.179. The van der Waals surface area contributed by atoms with Gasteiger partial charge in [0.1, 0.15) is 6.04 Å². The predicted molar refractivity (Wildman–Crippen MR) is 75.7 cm³/mol. The molecule has 1 rings (SSSR count). The van der Waals surface area contributed by atoms with Crippen LogP contribution in [0, 0.1) is 0 Å². The van der Waals surface area contributed by atoms with E-state index in [9.17, 15) is 4.79 Å². The number of likely N-dealkylation sites (N-methyl/N-ethyl adjacent to an activating group) is 1. The van der Waals surface area contributed by atoms with Gasteiger partial charge in [0.05, 0.1) is 0 Å². The Hall–Kier alpha value is -0.610. The number of rotatable bonds is 8. The normalized spacial score (nSPS) is 20.9. The molecule has 1 saturated heterocycles. The Bertz CT molecular complexity index is 233. The largest absolute Gasteiger partial charge is 0.355 e. The van der Waals surface area contributed by atoms with E-state index in [1.165, 1.54) is 32.1 Å². The van der Waals surface area contributed by atoms with Gasteiger partial charge in [0.25, 0.3) is 0 Å². The molecule has 1 unspecified atom stereocenters. The molecule has 106 valence electrons. The van der Waals surface area contributed by atoms with Crippen molar-refractivity contribution in [1.82, 2.24) is 15.5 Å². The van der Waals surface area contributed by atoms with Crippen LogP contribution < -0.4 is 10.6 Å². The lowest BCUT2D eigenvalue weighted by atomic mass is 10.1. The molecule has 1 heterocycles. The van der Waals surface area contributed by atoms with Crippen molar-refractivity contribution in [2.45, 2.75) is 52.0 Å². The molecule has 4 nitrogen and oxygen atoms in total. The molecule has 4 heteroatoms. The molecule has 1 aliphatic heterocycles. The van der Waals surface area contributed by atoms with E-state index in [4.69, 9.17) is 0 Å². The summed E-state index contributed by atoms with van der Waals surface area (Å²) < 4.78 is 0. The maximum absolute atomic E-state index is 12.0. The number of unbranched alkanes of at least 4 members (excludes halogenated alkanes) is 4. The minimum Gasteiger partial charge on any atom is -0.355 e. The second-order valence-corrected chi connectivity index (χ2v) is 5.06. The first kappa shape index (κ1) is 15.4. The highest BCUT2D eigenvalue weighted by Gasteiger charge is 2.27. The number of carbonyl (C=O) groups excluding carboxylic acids is 1. The third-order valence-corrected chi connectivity index (χ3v) is 3.56. The zero-order valence-corrected chi connectivity index (χ0v) is 12.0. The molecular formula is C14H29N3O. The molecule has 0 bridgehead atoms. The highest BCUT2D eigenvalue weighted by atomic mass is 16.2. The van der Waals surface area contributed by atoms with E-state index in [0.717, 1.165) is 32.7 Å². The second-order valence-electron chi connectivity index (χ2n) is 5.06. The summed E-state index contributed by atoms with van der Waals surface area (Å²) in [6.07, 6.45) is 6.46. The van der Waals surface area contributed by atoms with Gasteiger partial charge in [0, 0.05) is 26.2 Å². The molecule has 1 aliphatic rings. The molecule has 1 fully saturated rings. The van der Waals surface area contributed by atoms with Gasteiger partial charge in [-0.1, -0.05) is 32.6 Å². The standard InChI is InChI=1S/C14H29N3O/c1-3-5-6-7-8-10-17-11-9-15-12-13(17)14(18)16-4-2/h13,15H,3-12H2,1-2H3,(H,16,18). The summed E-state index contributed by atoms with van der Waals surface area (Å²) in [5.41, 5.74) is 0. The number of carbonyl (C=O) groups is 1. The Kier molecular flexibility index (Phi) is 8.01. The molecule has 0 radical (unpaired) electrons. The van der Waals surface area contributed by atoms with Crippen LogP contribution in [0.3, 0.4) is 0 Å². The lowest BCUT2D eigenvalue weighted by molar-refractivity contribution is -0.127. The first-order valence-corrected chi connectivity index (χ1v) is 7.52. The average Bonchev–Trinajstić information content (AvgIpc) is 2.39. The summed E-state index contributed by atoms with van der Waals surface area (Å²) in [6.45, 7) is 8.79. The van der Waals surface area contributed by atoms with Gasteiger partial charge in [0.2, 0.25) is 5.91 Å². The van der Waals surface area contributed by atoms with Crippen LogP contribution in [0.1, 0.15) is 46.0 Å². The van der Waals surface area contributed by atoms with Gasteiger partial charge in [-0.2, -0.15) is 0 Å². The van der Waals surface area contributed by atoms with Crippen LogP contribution in [0.15, 0.2) is 0 Å². The van der Waals surface area contributed by atoms with E-state index >= 15 is 0 Å². The summed E-state index contributed by atoms with van der Waals surface area (Å²) in [5, 5.41) is 6.25. The number of amides is 1. The molecule has 18 heavy (non-hydrogen) atoms. The van der Waals surface area contributed by atoms with E-state index in [-0.39, 0.29) is 11.9 Å². The van der Waals surface area contributed by atoms with Gasteiger partial charge < -0.3 is 10.6 Å². The van der Waals surface area contributed by atoms with Crippen LogP contribution >= 0.6 is 0 Å². The Morgan fingerprint density at radius 3 is 2.78 bits per heavy atom. The minimum absolute atomic E-state index is 0.0323. The van der Waals surface area contributed by atoms with Crippen molar-refractivity contribution < 1.29 is 4.79 Å². The van der Waals surface area contributed by atoms with Gasteiger partial charge in [-0.25, -0.2) is 0 Å². The Morgan fingerprint density at radius 2 is 2.06 bits per heavy atom. The molecule has 0 aromatic heterocycles. The molecule has 0 aromatic carbocycles. The number of hydrogen-bond acceptors (Lipinski definition) is 3.